The third-order valence-electron chi connectivity index (χ3n) is 6.11. The second-order valence-electron chi connectivity index (χ2n) is 8.94. The number of hydrogen-bond acceptors (Lipinski definition) is 4. The van der Waals surface area contributed by atoms with Crippen molar-refractivity contribution in [2.45, 2.75) is 65.0 Å². The van der Waals surface area contributed by atoms with Gasteiger partial charge in [-0.3, -0.25) is 4.79 Å². The summed E-state index contributed by atoms with van der Waals surface area (Å²) in [5.41, 5.74) is 4.61. The molecular weight excluding hydrogens is 414 g/mol. The minimum atomic E-state index is -0.240. The van der Waals surface area contributed by atoms with Gasteiger partial charge in [0.05, 0.1) is 17.6 Å². The molecule has 1 aromatic heterocycles. The highest BCUT2D eigenvalue weighted by Crippen LogP contribution is 2.20. The van der Waals surface area contributed by atoms with E-state index in [1.165, 1.54) is 11.1 Å². The van der Waals surface area contributed by atoms with Gasteiger partial charge in [-0.2, -0.15) is 0 Å². The summed E-state index contributed by atoms with van der Waals surface area (Å²) in [6.07, 6.45) is 5.55. The molecule has 1 fully saturated rings. The monoisotopic (exact) mass is 449 g/mol. The summed E-state index contributed by atoms with van der Waals surface area (Å²) < 4.78 is 13.8. The third-order valence-corrected chi connectivity index (χ3v) is 6.11. The lowest BCUT2D eigenvalue weighted by Gasteiger charge is -2.12. The number of carbonyl (C=O) groups excluding carboxylic acids is 1. The zero-order chi connectivity index (χ0) is 23.0. The van der Waals surface area contributed by atoms with E-state index in [9.17, 15) is 4.79 Å². The SMILES string of the molecule is Cc1cc(C)cc(OCCn2c(CCCCCNC(=O)C3CCCO3)nc3ccccc32)c1. The van der Waals surface area contributed by atoms with E-state index in [1.807, 2.05) is 6.07 Å². The van der Waals surface area contributed by atoms with Crippen LogP contribution in [0.4, 0.5) is 0 Å². The highest BCUT2D eigenvalue weighted by atomic mass is 16.5. The van der Waals surface area contributed by atoms with Crippen LogP contribution in [0.3, 0.4) is 0 Å². The van der Waals surface area contributed by atoms with Crippen LogP contribution >= 0.6 is 0 Å². The standard InChI is InChI=1S/C27H35N3O3/c1-20-17-21(2)19-22(18-20)32-16-14-30-24-10-6-5-9-23(24)29-26(30)12-4-3-7-13-28-27(31)25-11-8-15-33-25/h5-6,9-10,17-19,25H,3-4,7-8,11-16H2,1-2H3,(H,28,31). The van der Waals surface area contributed by atoms with E-state index in [1.54, 1.807) is 0 Å². The smallest absolute Gasteiger partial charge is 0.249 e. The summed E-state index contributed by atoms with van der Waals surface area (Å²) in [4.78, 5) is 16.9. The fraction of sp³-hybridized carbons (Fsp3) is 0.481. The van der Waals surface area contributed by atoms with Crippen LogP contribution in [0.5, 0.6) is 5.75 Å². The molecule has 1 amide bonds. The minimum absolute atomic E-state index is 0.0399. The molecule has 1 atom stereocenters. The number of aryl methyl sites for hydroxylation is 3. The van der Waals surface area contributed by atoms with Crippen LogP contribution in [0.25, 0.3) is 11.0 Å². The molecule has 6 nitrogen and oxygen atoms in total. The van der Waals surface area contributed by atoms with Crippen molar-refractivity contribution in [1.29, 1.82) is 0 Å². The first kappa shape index (κ1) is 23.3. The molecule has 0 radical (unpaired) electrons. The van der Waals surface area contributed by atoms with Gasteiger partial charge in [-0.05, 0) is 74.9 Å². The first-order valence-corrected chi connectivity index (χ1v) is 12.1. The highest BCUT2D eigenvalue weighted by Gasteiger charge is 2.22. The van der Waals surface area contributed by atoms with Crippen LogP contribution in [0.15, 0.2) is 42.5 Å². The molecule has 6 heteroatoms. The molecule has 0 bridgehead atoms. The van der Waals surface area contributed by atoms with E-state index in [-0.39, 0.29) is 12.0 Å². The van der Waals surface area contributed by atoms with Crippen molar-refractivity contribution in [2.24, 2.45) is 0 Å². The number of carbonyl (C=O) groups is 1. The predicted molar refractivity (Wildman–Crippen MR) is 131 cm³/mol. The molecule has 2 heterocycles. The lowest BCUT2D eigenvalue weighted by Crippen LogP contribution is -2.34. The van der Waals surface area contributed by atoms with Crippen LogP contribution in [-0.4, -0.2) is 41.3 Å². The number of imidazole rings is 1. The van der Waals surface area contributed by atoms with Gasteiger partial charge in [-0.15, -0.1) is 0 Å². The van der Waals surface area contributed by atoms with E-state index in [0.29, 0.717) is 19.8 Å². The summed E-state index contributed by atoms with van der Waals surface area (Å²) in [6.45, 7) is 6.96. The Kier molecular flexibility index (Phi) is 8.00. The molecule has 4 rings (SSSR count). The number of amides is 1. The number of ether oxygens (including phenoxy) is 2. The maximum atomic E-state index is 12.0. The summed E-state index contributed by atoms with van der Waals surface area (Å²) in [6, 6.07) is 14.6. The van der Waals surface area contributed by atoms with Crippen molar-refractivity contribution in [2.75, 3.05) is 19.8 Å². The van der Waals surface area contributed by atoms with Gasteiger partial charge in [0.15, 0.2) is 0 Å². The number of para-hydroxylation sites is 2. The lowest BCUT2D eigenvalue weighted by molar-refractivity contribution is -0.130. The third kappa shape index (κ3) is 6.35. The van der Waals surface area contributed by atoms with Gasteiger partial charge in [-0.25, -0.2) is 4.98 Å². The van der Waals surface area contributed by atoms with Crippen LogP contribution in [0, 0.1) is 13.8 Å². The molecule has 1 aliphatic heterocycles. The fourth-order valence-electron chi connectivity index (χ4n) is 4.53. The van der Waals surface area contributed by atoms with E-state index in [0.717, 1.165) is 67.7 Å². The second-order valence-corrected chi connectivity index (χ2v) is 8.94. The van der Waals surface area contributed by atoms with Crippen molar-refractivity contribution in [3.63, 3.8) is 0 Å². The lowest BCUT2D eigenvalue weighted by atomic mass is 10.1. The number of hydrogen-bond donors (Lipinski definition) is 1. The Hall–Kier alpha value is -2.86. The first-order chi connectivity index (χ1) is 16.1. The Morgan fingerprint density at radius 2 is 1.97 bits per heavy atom. The van der Waals surface area contributed by atoms with Gasteiger partial charge >= 0.3 is 0 Å². The Morgan fingerprint density at radius 1 is 1.15 bits per heavy atom. The number of rotatable bonds is 11. The molecule has 1 N–H and O–H groups in total. The summed E-state index contributed by atoms with van der Waals surface area (Å²) in [5.74, 6) is 2.06. The van der Waals surface area contributed by atoms with Crippen LogP contribution in [0.1, 0.15) is 49.1 Å². The second kappa shape index (κ2) is 11.3. The van der Waals surface area contributed by atoms with Crippen molar-refractivity contribution >= 4 is 16.9 Å². The van der Waals surface area contributed by atoms with Crippen molar-refractivity contribution in [3.8, 4) is 5.75 Å². The molecule has 1 unspecified atom stereocenters. The zero-order valence-electron chi connectivity index (χ0n) is 19.8. The number of nitrogens with zero attached hydrogens (tertiary/aromatic N) is 2. The van der Waals surface area contributed by atoms with Gasteiger partial charge in [0.25, 0.3) is 0 Å². The van der Waals surface area contributed by atoms with Crippen molar-refractivity contribution < 1.29 is 14.3 Å². The van der Waals surface area contributed by atoms with Crippen LogP contribution < -0.4 is 10.1 Å². The van der Waals surface area contributed by atoms with Gasteiger partial charge in [0.2, 0.25) is 5.91 Å². The highest BCUT2D eigenvalue weighted by molar-refractivity contribution is 5.80. The molecule has 0 saturated carbocycles. The first-order valence-electron chi connectivity index (χ1n) is 12.1. The van der Waals surface area contributed by atoms with E-state index < -0.39 is 0 Å². The molecule has 2 aromatic carbocycles. The summed E-state index contributed by atoms with van der Waals surface area (Å²) in [7, 11) is 0. The topological polar surface area (TPSA) is 65.4 Å². The molecular formula is C27H35N3O3. The van der Waals surface area contributed by atoms with Crippen molar-refractivity contribution in [1.82, 2.24) is 14.9 Å². The molecule has 0 aliphatic carbocycles. The molecule has 33 heavy (non-hydrogen) atoms. The average Bonchev–Trinajstić information content (AvgIpc) is 3.44. The summed E-state index contributed by atoms with van der Waals surface area (Å²) in [5, 5.41) is 3.01. The maximum absolute atomic E-state index is 12.0. The number of aromatic nitrogens is 2. The van der Waals surface area contributed by atoms with Crippen LogP contribution in [0.2, 0.25) is 0 Å². The summed E-state index contributed by atoms with van der Waals surface area (Å²) >= 11 is 0. The maximum Gasteiger partial charge on any atom is 0.249 e. The fourth-order valence-corrected chi connectivity index (χ4v) is 4.53. The number of nitrogens with one attached hydrogen (secondary N) is 1. The van der Waals surface area contributed by atoms with E-state index >= 15 is 0 Å². The van der Waals surface area contributed by atoms with Crippen LogP contribution in [-0.2, 0) is 22.5 Å². The van der Waals surface area contributed by atoms with E-state index in [2.05, 4.69) is 60.1 Å². The van der Waals surface area contributed by atoms with Crippen molar-refractivity contribution in [3.05, 3.63) is 59.4 Å². The minimum Gasteiger partial charge on any atom is -0.492 e. The van der Waals surface area contributed by atoms with E-state index in [4.69, 9.17) is 14.5 Å². The number of unbranched alkanes of at least 4 members (excludes halogenated alkanes) is 2. The normalized spacial score (nSPS) is 15.8. The molecule has 0 spiro atoms. The Balaban J connectivity index is 1.28. The Bertz CT molecular complexity index is 1050. The quantitative estimate of drug-likeness (QED) is 0.430. The van der Waals surface area contributed by atoms with Gasteiger partial charge in [0, 0.05) is 19.6 Å². The van der Waals surface area contributed by atoms with Gasteiger partial charge in [-0.1, -0.05) is 24.6 Å². The predicted octanol–water partition coefficient (Wildman–Crippen LogP) is 4.74. The number of fused-ring (bicyclic) bond motifs is 1. The van der Waals surface area contributed by atoms with Gasteiger partial charge < -0.3 is 19.4 Å². The molecule has 1 aliphatic rings. The Morgan fingerprint density at radius 3 is 2.76 bits per heavy atom. The van der Waals surface area contributed by atoms with Gasteiger partial charge in [0.1, 0.15) is 24.3 Å². The zero-order valence-corrected chi connectivity index (χ0v) is 19.8. The largest absolute Gasteiger partial charge is 0.492 e. The molecule has 3 aromatic rings. The average molecular weight is 450 g/mol. The molecule has 1 saturated heterocycles. The Labute approximate surface area is 196 Å². The molecule has 176 valence electrons. The number of benzene rings is 2.